The highest BCUT2D eigenvalue weighted by Gasteiger charge is 2.22. The van der Waals surface area contributed by atoms with Crippen molar-refractivity contribution >= 4 is 41.0 Å². The molecule has 0 amide bonds. The molecule has 3 N–H and O–H groups in total. The molecule has 1 aliphatic carbocycles. The van der Waals surface area contributed by atoms with Crippen LogP contribution >= 0.6 is 11.6 Å². The number of nitrogens with zero attached hydrogens (tertiary/aromatic N) is 4. The van der Waals surface area contributed by atoms with E-state index in [1.807, 2.05) is 24.4 Å². The van der Waals surface area contributed by atoms with Crippen LogP contribution in [0.5, 0.6) is 0 Å². The highest BCUT2D eigenvalue weighted by molar-refractivity contribution is 6.33. The number of guanidine groups is 1. The normalized spacial score (nSPS) is 21.8. The summed E-state index contributed by atoms with van der Waals surface area (Å²) in [5, 5.41) is 11.8. The van der Waals surface area contributed by atoms with E-state index in [4.69, 9.17) is 16.3 Å². The fraction of sp³-hybridized carbons (Fsp3) is 0.520. The third-order valence-electron chi connectivity index (χ3n) is 6.46. The molecule has 2 aromatic heterocycles. The standard InChI is InChI=1S/C25H34ClN7O/c1-17(9-11-28-21-15-34-16-21)13-30-25(27-2)31-14-18-3-6-20(7-4-18)32-22-8-5-19-10-12-29-24(26)23(19)33-22/h5,8,10,12-13,18,20-21,28H,2-4,6-7,9,11,14-16H2,1H3,(H,30,31)(H,32,33)/b17-13+/t18-,20-. The van der Waals surface area contributed by atoms with Crippen molar-refractivity contribution in [2.24, 2.45) is 15.9 Å². The first-order valence-electron chi connectivity index (χ1n) is 12.0. The van der Waals surface area contributed by atoms with Gasteiger partial charge >= 0.3 is 0 Å². The largest absolute Gasteiger partial charge is 0.378 e. The van der Waals surface area contributed by atoms with Gasteiger partial charge in [0.05, 0.1) is 19.3 Å². The van der Waals surface area contributed by atoms with Gasteiger partial charge in [-0.2, -0.15) is 0 Å². The van der Waals surface area contributed by atoms with Crippen LogP contribution in [0.4, 0.5) is 5.82 Å². The molecule has 2 fully saturated rings. The van der Waals surface area contributed by atoms with Crippen molar-refractivity contribution in [2.45, 2.75) is 51.1 Å². The zero-order chi connectivity index (χ0) is 23.8. The van der Waals surface area contributed by atoms with Crippen LogP contribution in [-0.2, 0) is 4.74 Å². The first-order valence-corrected chi connectivity index (χ1v) is 12.4. The number of hydrogen-bond acceptors (Lipinski definition) is 6. The maximum atomic E-state index is 6.20. The minimum atomic E-state index is 0.410. The predicted octanol–water partition coefficient (Wildman–Crippen LogP) is 4.18. The van der Waals surface area contributed by atoms with E-state index in [2.05, 4.69) is 49.5 Å². The molecular weight excluding hydrogens is 450 g/mol. The Morgan fingerprint density at radius 3 is 2.76 bits per heavy atom. The van der Waals surface area contributed by atoms with E-state index in [0.29, 0.717) is 29.1 Å². The van der Waals surface area contributed by atoms with Crippen LogP contribution in [0.15, 0.2) is 46.2 Å². The van der Waals surface area contributed by atoms with Crippen LogP contribution in [0.2, 0.25) is 5.15 Å². The van der Waals surface area contributed by atoms with Gasteiger partial charge in [0, 0.05) is 30.4 Å². The van der Waals surface area contributed by atoms with Crippen LogP contribution in [0, 0.1) is 5.92 Å². The smallest absolute Gasteiger partial charge is 0.221 e. The molecule has 0 radical (unpaired) electrons. The number of pyridine rings is 2. The second-order valence-electron chi connectivity index (χ2n) is 9.14. The van der Waals surface area contributed by atoms with Crippen molar-refractivity contribution < 1.29 is 4.74 Å². The lowest BCUT2D eigenvalue weighted by molar-refractivity contribution is -0.00467. The summed E-state index contributed by atoms with van der Waals surface area (Å²) in [6.45, 7) is 9.19. The Morgan fingerprint density at radius 1 is 1.21 bits per heavy atom. The number of anilines is 1. The Labute approximate surface area is 206 Å². The highest BCUT2D eigenvalue weighted by Crippen LogP contribution is 2.27. The summed E-state index contributed by atoms with van der Waals surface area (Å²) in [5.41, 5.74) is 1.95. The summed E-state index contributed by atoms with van der Waals surface area (Å²) in [7, 11) is 0. The number of nitrogens with one attached hydrogen (secondary N) is 3. The number of halogens is 1. The molecule has 1 aliphatic heterocycles. The summed E-state index contributed by atoms with van der Waals surface area (Å²) in [5.74, 6) is 2.03. The van der Waals surface area contributed by atoms with Gasteiger partial charge in [0.1, 0.15) is 11.3 Å². The molecule has 2 aromatic rings. The molecule has 0 aromatic carbocycles. The zero-order valence-electron chi connectivity index (χ0n) is 19.8. The number of hydrogen-bond donors (Lipinski definition) is 3. The maximum absolute atomic E-state index is 6.20. The van der Waals surface area contributed by atoms with Crippen LogP contribution in [-0.4, -0.2) is 61.0 Å². The quantitative estimate of drug-likeness (QED) is 0.281. The lowest BCUT2D eigenvalue weighted by Crippen LogP contribution is -2.46. The molecule has 1 saturated heterocycles. The Balaban J connectivity index is 1.18. The molecular formula is C25H34ClN7O. The maximum Gasteiger partial charge on any atom is 0.221 e. The molecule has 0 unspecified atom stereocenters. The molecule has 8 nitrogen and oxygen atoms in total. The third-order valence-corrected chi connectivity index (χ3v) is 6.74. The van der Waals surface area contributed by atoms with E-state index in [1.54, 1.807) is 6.20 Å². The lowest BCUT2D eigenvalue weighted by atomic mass is 9.86. The lowest BCUT2D eigenvalue weighted by Gasteiger charge is -2.29. The molecule has 0 atom stereocenters. The number of aliphatic imine (C=N–C) groups is 2. The van der Waals surface area contributed by atoms with E-state index < -0.39 is 0 Å². The number of rotatable bonds is 9. The summed E-state index contributed by atoms with van der Waals surface area (Å²) in [6, 6.07) is 6.89. The molecule has 0 spiro atoms. The molecule has 2 aliphatic rings. The van der Waals surface area contributed by atoms with Crippen LogP contribution in [0.25, 0.3) is 10.9 Å². The molecule has 1 saturated carbocycles. The minimum absolute atomic E-state index is 0.410. The van der Waals surface area contributed by atoms with Gasteiger partial charge in [0.15, 0.2) is 5.15 Å². The topological polar surface area (TPSA) is 95.8 Å². The Hall–Kier alpha value is -2.55. The summed E-state index contributed by atoms with van der Waals surface area (Å²) in [6.07, 6.45) is 9.00. The van der Waals surface area contributed by atoms with Gasteiger partial charge in [0.2, 0.25) is 5.96 Å². The van der Waals surface area contributed by atoms with Gasteiger partial charge in [-0.3, -0.25) is 0 Å². The highest BCUT2D eigenvalue weighted by atomic mass is 35.5. The van der Waals surface area contributed by atoms with Gasteiger partial charge in [-0.05, 0) is 76.4 Å². The molecule has 0 bridgehead atoms. The van der Waals surface area contributed by atoms with E-state index >= 15 is 0 Å². The average Bonchev–Trinajstić information content (AvgIpc) is 2.82. The van der Waals surface area contributed by atoms with E-state index in [9.17, 15) is 0 Å². The fourth-order valence-electron chi connectivity index (χ4n) is 4.26. The van der Waals surface area contributed by atoms with Gasteiger partial charge in [0.25, 0.3) is 0 Å². The molecule has 182 valence electrons. The number of ether oxygens (including phenoxy) is 1. The zero-order valence-corrected chi connectivity index (χ0v) is 20.5. The van der Waals surface area contributed by atoms with Gasteiger partial charge in [-0.15, -0.1) is 0 Å². The van der Waals surface area contributed by atoms with Crippen molar-refractivity contribution in [3.8, 4) is 0 Å². The first-order chi connectivity index (χ1) is 16.6. The summed E-state index contributed by atoms with van der Waals surface area (Å²) in [4.78, 5) is 17.3. The molecule has 4 rings (SSSR count). The molecule has 34 heavy (non-hydrogen) atoms. The Kier molecular flexibility index (Phi) is 8.85. The second kappa shape index (κ2) is 12.2. The van der Waals surface area contributed by atoms with Crippen LogP contribution in [0.1, 0.15) is 39.0 Å². The van der Waals surface area contributed by atoms with Gasteiger partial charge in [-0.1, -0.05) is 17.2 Å². The van der Waals surface area contributed by atoms with Crippen molar-refractivity contribution in [3.63, 3.8) is 0 Å². The van der Waals surface area contributed by atoms with Crippen molar-refractivity contribution in [1.82, 2.24) is 20.6 Å². The van der Waals surface area contributed by atoms with Crippen LogP contribution in [0.3, 0.4) is 0 Å². The molecule has 3 heterocycles. The van der Waals surface area contributed by atoms with E-state index in [0.717, 1.165) is 75.1 Å². The predicted molar refractivity (Wildman–Crippen MR) is 140 cm³/mol. The van der Waals surface area contributed by atoms with E-state index in [-0.39, 0.29) is 0 Å². The average molecular weight is 484 g/mol. The minimum Gasteiger partial charge on any atom is -0.378 e. The fourth-order valence-corrected chi connectivity index (χ4v) is 4.46. The van der Waals surface area contributed by atoms with Crippen LogP contribution < -0.4 is 16.0 Å². The third kappa shape index (κ3) is 6.98. The molecule has 9 heteroatoms. The van der Waals surface area contributed by atoms with Crippen molar-refractivity contribution in [3.05, 3.63) is 41.3 Å². The summed E-state index contributed by atoms with van der Waals surface area (Å²) >= 11 is 6.20. The van der Waals surface area contributed by atoms with Crippen molar-refractivity contribution in [2.75, 3.05) is 31.6 Å². The Morgan fingerprint density at radius 2 is 2.03 bits per heavy atom. The monoisotopic (exact) mass is 483 g/mol. The van der Waals surface area contributed by atoms with E-state index in [1.165, 1.54) is 5.57 Å². The number of fused-ring (bicyclic) bond motifs is 1. The van der Waals surface area contributed by atoms with Crippen molar-refractivity contribution in [1.29, 1.82) is 0 Å². The number of aromatic nitrogens is 2. The van der Waals surface area contributed by atoms with Gasteiger partial charge in [-0.25, -0.2) is 20.0 Å². The SMILES string of the molecule is C=N/C(=N\C=C(/C)CCNC1COC1)NC[C@H]1CC[C@H](Nc2ccc3ccnc(Cl)c3n2)CC1. The van der Waals surface area contributed by atoms with Gasteiger partial charge < -0.3 is 20.7 Å². The second-order valence-corrected chi connectivity index (χ2v) is 9.50. The Bertz CT molecular complexity index is 1030. The summed E-state index contributed by atoms with van der Waals surface area (Å²) < 4.78 is 5.17. The first kappa shape index (κ1) is 24.6.